The van der Waals surface area contributed by atoms with Crippen molar-refractivity contribution in [3.8, 4) is 6.07 Å². The second-order valence-corrected chi connectivity index (χ2v) is 11.0. The molecular formula is C26H36N4O2S2. The molecule has 0 N–H and O–H groups in total. The summed E-state index contributed by atoms with van der Waals surface area (Å²) in [4.78, 5) is 30.9. The van der Waals surface area contributed by atoms with Crippen LogP contribution in [0.3, 0.4) is 0 Å². The Bertz CT molecular complexity index is 1070. The molecule has 184 valence electrons. The van der Waals surface area contributed by atoms with E-state index in [2.05, 4.69) is 24.8 Å². The molecule has 1 aromatic heterocycles. The smallest absolute Gasteiger partial charge is 0.270 e. The van der Waals surface area contributed by atoms with E-state index in [0.717, 1.165) is 50.2 Å². The number of thioether (sulfide) groups is 1. The number of carbonyl (C=O) groups excluding carboxylic acids is 1. The first-order valence-electron chi connectivity index (χ1n) is 12.5. The number of pyridine rings is 1. The number of thiocarbonyl (C=S) groups is 1. The Labute approximate surface area is 213 Å². The minimum atomic E-state index is -0.257. The normalized spacial score (nSPS) is 19.9. The van der Waals surface area contributed by atoms with Crippen molar-refractivity contribution in [3.05, 3.63) is 31.9 Å². The van der Waals surface area contributed by atoms with Gasteiger partial charge >= 0.3 is 0 Å². The molecule has 8 heteroatoms. The number of nitrogens with zero attached hydrogens (tertiary/aromatic N) is 4. The Morgan fingerprint density at radius 1 is 1.21 bits per heavy atom. The summed E-state index contributed by atoms with van der Waals surface area (Å²) in [5.74, 6) is 1.26. The van der Waals surface area contributed by atoms with Crippen LogP contribution in [0.2, 0.25) is 0 Å². The quantitative estimate of drug-likeness (QED) is 0.255. The molecule has 34 heavy (non-hydrogen) atoms. The summed E-state index contributed by atoms with van der Waals surface area (Å²) in [6, 6.07) is 2.11. The van der Waals surface area contributed by atoms with Gasteiger partial charge in [-0.1, -0.05) is 63.5 Å². The van der Waals surface area contributed by atoms with Gasteiger partial charge in [-0.15, -0.1) is 0 Å². The molecule has 0 bridgehead atoms. The maximum Gasteiger partial charge on any atom is 0.270 e. The van der Waals surface area contributed by atoms with Crippen molar-refractivity contribution in [1.82, 2.24) is 9.47 Å². The van der Waals surface area contributed by atoms with Crippen LogP contribution < -0.4 is 10.5 Å². The molecule has 3 heterocycles. The lowest BCUT2D eigenvalue weighted by atomic mass is 9.98. The number of hydrogen-bond donors (Lipinski definition) is 0. The summed E-state index contributed by atoms with van der Waals surface area (Å²) < 4.78 is 2.28. The topological polar surface area (TPSA) is 69.3 Å². The number of aromatic nitrogens is 1. The predicted molar refractivity (Wildman–Crippen MR) is 145 cm³/mol. The Morgan fingerprint density at radius 3 is 2.59 bits per heavy atom. The minimum Gasteiger partial charge on any atom is -0.357 e. The first kappa shape index (κ1) is 26.5. The maximum atomic E-state index is 13.3. The van der Waals surface area contributed by atoms with Crippen molar-refractivity contribution in [3.63, 3.8) is 0 Å². The van der Waals surface area contributed by atoms with E-state index in [1.807, 2.05) is 19.9 Å². The third kappa shape index (κ3) is 5.58. The zero-order chi connectivity index (χ0) is 24.8. The Kier molecular flexibility index (Phi) is 9.38. The SMILES string of the molecule is CCCCCCCN1C(=O)/C(=C/c2c(C)c(C#N)c(=O)n(CC)c2N2CCCC(C)C2)SC1=S. The van der Waals surface area contributed by atoms with Crippen LogP contribution in [0.5, 0.6) is 0 Å². The summed E-state index contributed by atoms with van der Waals surface area (Å²) >= 11 is 6.87. The lowest BCUT2D eigenvalue weighted by molar-refractivity contribution is -0.122. The summed E-state index contributed by atoms with van der Waals surface area (Å²) in [6.45, 7) is 11.0. The molecule has 3 rings (SSSR count). The zero-order valence-electron chi connectivity index (χ0n) is 20.9. The van der Waals surface area contributed by atoms with Gasteiger partial charge in [0.25, 0.3) is 11.5 Å². The predicted octanol–water partition coefficient (Wildman–Crippen LogP) is 5.46. The van der Waals surface area contributed by atoms with Gasteiger partial charge in [-0.25, -0.2) is 0 Å². The Balaban J connectivity index is 2.01. The number of anilines is 1. The van der Waals surface area contributed by atoms with E-state index in [4.69, 9.17) is 12.2 Å². The second-order valence-electron chi connectivity index (χ2n) is 9.34. The first-order chi connectivity index (χ1) is 16.3. The molecule has 0 aromatic carbocycles. The second kappa shape index (κ2) is 12.0. The van der Waals surface area contributed by atoms with Gasteiger partial charge in [-0.3, -0.25) is 19.1 Å². The largest absolute Gasteiger partial charge is 0.357 e. The third-order valence-electron chi connectivity index (χ3n) is 6.75. The van der Waals surface area contributed by atoms with Gasteiger partial charge < -0.3 is 4.90 Å². The van der Waals surface area contributed by atoms with E-state index in [9.17, 15) is 14.9 Å². The monoisotopic (exact) mass is 500 g/mol. The van der Waals surface area contributed by atoms with Gasteiger partial charge in [-0.05, 0) is 50.7 Å². The molecule has 0 radical (unpaired) electrons. The highest BCUT2D eigenvalue weighted by molar-refractivity contribution is 8.26. The van der Waals surface area contributed by atoms with Crippen LogP contribution in [-0.2, 0) is 11.3 Å². The van der Waals surface area contributed by atoms with Crippen LogP contribution in [0.1, 0.15) is 82.4 Å². The van der Waals surface area contributed by atoms with Gasteiger partial charge in [-0.2, -0.15) is 5.26 Å². The fourth-order valence-electron chi connectivity index (χ4n) is 4.86. The fraction of sp³-hybridized carbons (Fsp3) is 0.615. The van der Waals surface area contributed by atoms with Gasteiger partial charge in [0.2, 0.25) is 0 Å². The number of nitriles is 1. The molecule has 1 amide bonds. The van der Waals surface area contributed by atoms with E-state index in [1.165, 1.54) is 31.0 Å². The molecule has 1 unspecified atom stereocenters. The molecular weight excluding hydrogens is 464 g/mol. The van der Waals surface area contributed by atoms with Crippen molar-refractivity contribution in [1.29, 1.82) is 5.26 Å². The maximum absolute atomic E-state index is 13.3. The average Bonchev–Trinajstić information content (AvgIpc) is 3.08. The Morgan fingerprint density at radius 2 is 1.94 bits per heavy atom. The molecule has 2 saturated heterocycles. The number of piperidine rings is 1. The summed E-state index contributed by atoms with van der Waals surface area (Å²) in [7, 11) is 0. The molecule has 2 aliphatic heterocycles. The lowest BCUT2D eigenvalue weighted by Gasteiger charge is -2.35. The van der Waals surface area contributed by atoms with E-state index < -0.39 is 0 Å². The van der Waals surface area contributed by atoms with Crippen LogP contribution in [-0.4, -0.2) is 39.3 Å². The first-order valence-corrected chi connectivity index (χ1v) is 13.7. The summed E-state index contributed by atoms with van der Waals surface area (Å²) in [6.07, 6.45) is 9.68. The highest BCUT2D eigenvalue weighted by atomic mass is 32.2. The van der Waals surface area contributed by atoms with E-state index in [-0.39, 0.29) is 17.0 Å². The minimum absolute atomic E-state index is 0.0735. The van der Waals surface area contributed by atoms with Crippen molar-refractivity contribution in [2.24, 2.45) is 5.92 Å². The fourth-order valence-corrected chi connectivity index (χ4v) is 6.15. The number of hydrogen-bond acceptors (Lipinski definition) is 6. The number of amides is 1. The number of unbranched alkanes of at least 4 members (excludes halogenated alkanes) is 4. The van der Waals surface area contributed by atoms with Crippen LogP contribution in [0.15, 0.2) is 9.70 Å². The molecule has 1 atom stereocenters. The highest BCUT2D eigenvalue weighted by Crippen LogP contribution is 2.37. The van der Waals surface area contributed by atoms with Crippen molar-refractivity contribution in [2.75, 3.05) is 24.5 Å². The summed E-state index contributed by atoms with van der Waals surface area (Å²) in [5.41, 5.74) is 1.31. The Hall–Kier alpha value is -2.11. The van der Waals surface area contributed by atoms with Crippen molar-refractivity contribution in [2.45, 2.75) is 79.2 Å². The molecule has 6 nitrogen and oxygen atoms in total. The summed E-state index contributed by atoms with van der Waals surface area (Å²) in [5, 5.41) is 9.74. The number of carbonyl (C=O) groups is 1. The lowest BCUT2D eigenvalue weighted by Crippen LogP contribution is -2.40. The van der Waals surface area contributed by atoms with E-state index in [1.54, 1.807) is 9.47 Å². The van der Waals surface area contributed by atoms with Crippen molar-refractivity contribution < 1.29 is 4.79 Å². The van der Waals surface area contributed by atoms with Crippen LogP contribution in [0.25, 0.3) is 6.08 Å². The van der Waals surface area contributed by atoms with Gasteiger partial charge in [0, 0.05) is 31.7 Å². The molecule has 0 aliphatic carbocycles. The molecule has 1 aromatic rings. The van der Waals surface area contributed by atoms with Gasteiger partial charge in [0.15, 0.2) is 0 Å². The standard InChI is InChI=1S/C26H36N4O2S2/c1-5-7-8-9-10-14-30-25(32)22(34-26(30)33)15-20-19(4)21(16-27)24(31)29(6-2)23(20)28-13-11-12-18(3)17-28/h15,18H,5-14,17H2,1-4H3/b22-15-. The van der Waals surface area contributed by atoms with E-state index in [0.29, 0.717) is 33.8 Å². The molecule has 2 fully saturated rings. The van der Waals surface area contributed by atoms with Gasteiger partial charge in [0.05, 0.1) is 4.91 Å². The molecule has 0 spiro atoms. The zero-order valence-corrected chi connectivity index (χ0v) is 22.5. The van der Waals surface area contributed by atoms with E-state index >= 15 is 0 Å². The third-order valence-corrected chi connectivity index (χ3v) is 8.13. The number of rotatable bonds is 9. The van der Waals surface area contributed by atoms with Crippen molar-refractivity contribution >= 4 is 46.1 Å². The molecule has 2 aliphatic rings. The van der Waals surface area contributed by atoms with Crippen LogP contribution >= 0.6 is 24.0 Å². The van der Waals surface area contributed by atoms with Crippen LogP contribution in [0, 0.1) is 24.2 Å². The average molecular weight is 501 g/mol. The molecule has 0 saturated carbocycles. The highest BCUT2D eigenvalue weighted by Gasteiger charge is 2.33. The van der Waals surface area contributed by atoms with Crippen LogP contribution in [0.4, 0.5) is 5.82 Å². The van der Waals surface area contributed by atoms with Gasteiger partial charge in [0.1, 0.15) is 21.8 Å².